The number of fused-ring (bicyclic) bond motifs is 1. The van der Waals surface area contributed by atoms with Crippen LogP contribution in [0.5, 0.6) is 17.2 Å². The van der Waals surface area contributed by atoms with Gasteiger partial charge in [0.25, 0.3) is 0 Å². The average Bonchev–Trinajstić information content (AvgIpc) is 2.74. The highest BCUT2D eigenvalue weighted by Gasteiger charge is 2.34. The Balaban J connectivity index is 1.62. The van der Waals surface area contributed by atoms with Crippen LogP contribution in [0.15, 0.2) is 48.5 Å². The van der Waals surface area contributed by atoms with E-state index >= 15 is 0 Å². The first kappa shape index (κ1) is 22.9. The van der Waals surface area contributed by atoms with E-state index in [1.54, 1.807) is 12.1 Å². The zero-order chi connectivity index (χ0) is 23.8. The van der Waals surface area contributed by atoms with E-state index in [-0.39, 0.29) is 24.7 Å². The lowest BCUT2D eigenvalue weighted by Crippen LogP contribution is -2.34. The summed E-state index contributed by atoms with van der Waals surface area (Å²) in [5.41, 5.74) is 0.656. The number of benzene rings is 3. The highest BCUT2D eigenvalue weighted by Crippen LogP contribution is 2.45. The molecule has 1 heterocycles. The molecule has 1 aliphatic heterocycles. The van der Waals surface area contributed by atoms with Crippen LogP contribution < -0.4 is 14.2 Å². The van der Waals surface area contributed by atoms with E-state index in [2.05, 4.69) is 0 Å². The summed E-state index contributed by atoms with van der Waals surface area (Å²) < 4.78 is 71.1. The zero-order valence-corrected chi connectivity index (χ0v) is 18.0. The molecular formula is C25H22F4O4. The molecule has 0 radical (unpaired) electrons. The Hall–Kier alpha value is -3.26. The second-order valence-electron chi connectivity index (χ2n) is 8.49. The quantitative estimate of drug-likeness (QED) is 0.457. The number of ether oxygens (including phenoxy) is 3. The van der Waals surface area contributed by atoms with Gasteiger partial charge in [0.1, 0.15) is 24.6 Å². The minimum Gasteiger partial charge on any atom is -0.487 e. The molecule has 0 fully saturated rings. The molecule has 1 unspecified atom stereocenters. The van der Waals surface area contributed by atoms with Crippen LogP contribution in [0.1, 0.15) is 43.1 Å². The summed E-state index contributed by atoms with van der Waals surface area (Å²) in [7, 11) is 0. The first-order valence-corrected chi connectivity index (χ1v) is 10.3. The fourth-order valence-corrected chi connectivity index (χ4v) is 3.63. The first-order chi connectivity index (χ1) is 15.6. The number of hydrogen-bond donors (Lipinski definition) is 1. The second kappa shape index (κ2) is 8.94. The van der Waals surface area contributed by atoms with E-state index in [0.717, 1.165) is 24.3 Å². The van der Waals surface area contributed by atoms with E-state index in [4.69, 9.17) is 14.2 Å². The van der Waals surface area contributed by atoms with Crippen molar-refractivity contribution in [2.45, 2.75) is 45.2 Å². The number of halogens is 4. The minimum atomic E-state index is -0.998. The molecule has 0 bridgehead atoms. The maximum atomic E-state index is 13.5. The van der Waals surface area contributed by atoms with E-state index in [1.165, 1.54) is 12.1 Å². The van der Waals surface area contributed by atoms with Crippen molar-refractivity contribution in [3.05, 3.63) is 88.5 Å². The fraction of sp³-hybridized carbons (Fsp3) is 0.280. The molecule has 174 valence electrons. The van der Waals surface area contributed by atoms with Gasteiger partial charge in [-0.25, -0.2) is 17.6 Å². The van der Waals surface area contributed by atoms with Crippen molar-refractivity contribution in [1.82, 2.24) is 0 Å². The van der Waals surface area contributed by atoms with Gasteiger partial charge in [0, 0.05) is 18.1 Å². The molecule has 3 aromatic carbocycles. The van der Waals surface area contributed by atoms with Crippen molar-refractivity contribution >= 4 is 0 Å². The molecule has 8 heteroatoms. The van der Waals surface area contributed by atoms with Crippen LogP contribution >= 0.6 is 0 Å². The van der Waals surface area contributed by atoms with Gasteiger partial charge < -0.3 is 19.3 Å². The Kier molecular flexibility index (Phi) is 6.21. The van der Waals surface area contributed by atoms with Crippen LogP contribution in [-0.2, 0) is 13.2 Å². The van der Waals surface area contributed by atoms with Gasteiger partial charge in [-0.15, -0.1) is 0 Å². The van der Waals surface area contributed by atoms with Gasteiger partial charge in [-0.3, -0.25) is 0 Å². The van der Waals surface area contributed by atoms with Crippen LogP contribution in [0.2, 0.25) is 0 Å². The smallest absolute Gasteiger partial charge is 0.165 e. The standard InChI is InChI=1S/C25H22F4O4/c1-25(2)11-21(30)16-9-23(31-12-14-3-5-17(26)19(28)7-14)24(10-22(16)33-25)32-13-15-4-6-18(27)20(29)8-15/h3-10,21,30H,11-13H2,1-2H3. The van der Waals surface area contributed by atoms with Gasteiger partial charge >= 0.3 is 0 Å². The first-order valence-electron chi connectivity index (χ1n) is 10.3. The second-order valence-corrected chi connectivity index (χ2v) is 8.49. The molecule has 4 rings (SSSR count). The summed E-state index contributed by atoms with van der Waals surface area (Å²) in [4.78, 5) is 0. The molecule has 33 heavy (non-hydrogen) atoms. The van der Waals surface area contributed by atoms with Crippen LogP contribution in [0.3, 0.4) is 0 Å². The van der Waals surface area contributed by atoms with Gasteiger partial charge in [-0.05, 0) is 55.3 Å². The summed E-state index contributed by atoms with van der Waals surface area (Å²) >= 11 is 0. The Morgan fingerprint density at radius 2 is 1.33 bits per heavy atom. The van der Waals surface area contributed by atoms with Gasteiger partial charge in [0.05, 0.1) is 6.10 Å². The van der Waals surface area contributed by atoms with E-state index in [1.807, 2.05) is 13.8 Å². The summed E-state index contributed by atoms with van der Waals surface area (Å²) in [6, 6.07) is 9.95. The molecule has 0 saturated heterocycles. The molecule has 1 N–H and O–H groups in total. The van der Waals surface area contributed by atoms with Crippen molar-refractivity contribution in [1.29, 1.82) is 0 Å². The van der Waals surface area contributed by atoms with Crippen molar-refractivity contribution in [3.8, 4) is 17.2 Å². The fourth-order valence-electron chi connectivity index (χ4n) is 3.63. The molecule has 1 aliphatic rings. The van der Waals surface area contributed by atoms with Crippen molar-refractivity contribution in [2.24, 2.45) is 0 Å². The van der Waals surface area contributed by atoms with Gasteiger partial charge in [0.15, 0.2) is 34.8 Å². The Bertz CT molecular complexity index is 1180. The third kappa shape index (κ3) is 5.22. The van der Waals surface area contributed by atoms with Crippen LogP contribution in [-0.4, -0.2) is 10.7 Å². The maximum Gasteiger partial charge on any atom is 0.165 e. The topological polar surface area (TPSA) is 47.9 Å². The third-order valence-corrected chi connectivity index (χ3v) is 5.26. The molecular weight excluding hydrogens is 440 g/mol. The average molecular weight is 462 g/mol. The molecule has 0 saturated carbocycles. The Labute approximate surface area is 188 Å². The number of rotatable bonds is 6. The highest BCUT2D eigenvalue weighted by atomic mass is 19.2. The van der Waals surface area contributed by atoms with Gasteiger partial charge in [-0.1, -0.05) is 12.1 Å². The van der Waals surface area contributed by atoms with Crippen molar-refractivity contribution < 1.29 is 36.9 Å². The number of aliphatic hydroxyl groups is 1. The highest BCUT2D eigenvalue weighted by molar-refractivity contribution is 5.53. The predicted octanol–water partition coefficient (Wildman–Crippen LogP) is 6.00. The molecule has 0 amide bonds. The zero-order valence-electron chi connectivity index (χ0n) is 18.0. The summed E-state index contributed by atoms with van der Waals surface area (Å²) in [5.74, 6) is -3.07. The summed E-state index contributed by atoms with van der Waals surface area (Å²) in [6.07, 6.45) is -0.452. The molecule has 1 atom stereocenters. The lowest BCUT2D eigenvalue weighted by atomic mass is 9.91. The monoisotopic (exact) mass is 462 g/mol. The van der Waals surface area contributed by atoms with Crippen LogP contribution in [0, 0.1) is 23.3 Å². The van der Waals surface area contributed by atoms with Gasteiger partial charge in [-0.2, -0.15) is 0 Å². The minimum absolute atomic E-state index is 0.0938. The SMILES string of the molecule is CC1(C)CC(O)c2cc(OCc3ccc(F)c(F)c3)c(OCc3ccc(F)c(F)c3)cc2O1. The lowest BCUT2D eigenvalue weighted by molar-refractivity contribution is 0.0109. The molecule has 0 aliphatic carbocycles. The molecule has 4 nitrogen and oxygen atoms in total. The van der Waals surface area contributed by atoms with E-state index in [0.29, 0.717) is 28.9 Å². The van der Waals surface area contributed by atoms with Crippen LogP contribution in [0.4, 0.5) is 17.6 Å². The largest absolute Gasteiger partial charge is 0.487 e. The van der Waals surface area contributed by atoms with Crippen LogP contribution in [0.25, 0.3) is 0 Å². The Morgan fingerprint density at radius 1 is 0.818 bits per heavy atom. The molecule has 0 spiro atoms. The maximum absolute atomic E-state index is 13.5. The lowest BCUT2D eigenvalue weighted by Gasteiger charge is -2.36. The predicted molar refractivity (Wildman–Crippen MR) is 112 cm³/mol. The Morgan fingerprint density at radius 3 is 1.85 bits per heavy atom. The van der Waals surface area contributed by atoms with E-state index < -0.39 is 35.0 Å². The van der Waals surface area contributed by atoms with Gasteiger partial charge in [0.2, 0.25) is 0 Å². The number of aliphatic hydroxyl groups excluding tert-OH is 1. The van der Waals surface area contributed by atoms with Crippen molar-refractivity contribution in [3.63, 3.8) is 0 Å². The van der Waals surface area contributed by atoms with E-state index in [9.17, 15) is 22.7 Å². The normalized spacial score (nSPS) is 16.6. The third-order valence-electron chi connectivity index (χ3n) is 5.26. The summed E-state index contributed by atoms with van der Waals surface area (Å²) in [6.45, 7) is 3.49. The van der Waals surface area contributed by atoms with Crippen molar-refractivity contribution in [2.75, 3.05) is 0 Å². The summed E-state index contributed by atoms with van der Waals surface area (Å²) in [5, 5.41) is 10.6. The number of hydrogen-bond acceptors (Lipinski definition) is 4. The molecule has 0 aromatic heterocycles. The molecule has 3 aromatic rings.